The van der Waals surface area contributed by atoms with Crippen molar-refractivity contribution in [1.29, 1.82) is 0 Å². The summed E-state index contributed by atoms with van der Waals surface area (Å²) in [6.45, 7) is 4.67. The minimum absolute atomic E-state index is 0.0489. The maximum Gasteiger partial charge on any atom is 0.225 e. The first-order valence-corrected chi connectivity index (χ1v) is 11.0. The Kier molecular flexibility index (Phi) is 6.80. The van der Waals surface area contributed by atoms with Crippen LogP contribution in [0.25, 0.3) is 5.65 Å². The molecule has 6 nitrogen and oxygen atoms in total. The summed E-state index contributed by atoms with van der Waals surface area (Å²) < 4.78 is 7.90. The van der Waals surface area contributed by atoms with E-state index in [2.05, 4.69) is 41.5 Å². The van der Waals surface area contributed by atoms with Gasteiger partial charge in [-0.2, -0.15) is 0 Å². The third-order valence-electron chi connectivity index (χ3n) is 5.48. The zero-order chi connectivity index (χ0) is 22.3. The summed E-state index contributed by atoms with van der Waals surface area (Å²) >= 11 is 0. The van der Waals surface area contributed by atoms with Crippen molar-refractivity contribution in [3.05, 3.63) is 95.4 Å². The van der Waals surface area contributed by atoms with Gasteiger partial charge in [0.05, 0.1) is 12.5 Å². The fourth-order valence-corrected chi connectivity index (χ4v) is 3.76. The van der Waals surface area contributed by atoms with Crippen LogP contribution in [0, 0.1) is 6.92 Å². The van der Waals surface area contributed by atoms with Crippen molar-refractivity contribution in [2.75, 3.05) is 0 Å². The van der Waals surface area contributed by atoms with Crippen LogP contribution in [0.1, 0.15) is 48.3 Å². The van der Waals surface area contributed by atoms with Crippen LogP contribution >= 0.6 is 0 Å². The molecule has 1 atom stereocenters. The van der Waals surface area contributed by atoms with Crippen LogP contribution in [0.15, 0.2) is 72.9 Å². The molecule has 2 aromatic carbocycles. The summed E-state index contributed by atoms with van der Waals surface area (Å²) in [5.74, 6) is 1.46. The van der Waals surface area contributed by atoms with Gasteiger partial charge in [-0.25, -0.2) is 0 Å². The number of aromatic nitrogens is 3. The predicted molar refractivity (Wildman–Crippen MR) is 124 cm³/mol. The van der Waals surface area contributed by atoms with Crippen LogP contribution < -0.4 is 10.1 Å². The van der Waals surface area contributed by atoms with Crippen LogP contribution in [0.3, 0.4) is 0 Å². The highest BCUT2D eigenvalue weighted by molar-refractivity contribution is 5.79. The Morgan fingerprint density at radius 2 is 1.91 bits per heavy atom. The van der Waals surface area contributed by atoms with Crippen LogP contribution in [0.4, 0.5) is 0 Å². The molecule has 1 N–H and O–H groups in total. The van der Waals surface area contributed by atoms with E-state index in [0.717, 1.165) is 41.2 Å². The Labute approximate surface area is 188 Å². The zero-order valence-corrected chi connectivity index (χ0v) is 18.5. The number of rotatable bonds is 9. The Morgan fingerprint density at radius 3 is 2.75 bits per heavy atom. The van der Waals surface area contributed by atoms with Crippen molar-refractivity contribution in [2.45, 2.75) is 45.8 Å². The van der Waals surface area contributed by atoms with Gasteiger partial charge in [-0.1, -0.05) is 55.8 Å². The second kappa shape index (κ2) is 10.1. The van der Waals surface area contributed by atoms with Crippen molar-refractivity contribution in [3.63, 3.8) is 0 Å². The quantitative estimate of drug-likeness (QED) is 0.415. The number of fused-ring (bicyclic) bond motifs is 1. The Hall–Kier alpha value is -3.67. The van der Waals surface area contributed by atoms with E-state index in [-0.39, 0.29) is 18.4 Å². The van der Waals surface area contributed by atoms with E-state index < -0.39 is 0 Å². The van der Waals surface area contributed by atoms with Crippen molar-refractivity contribution >= 4 is 11.6 Å². The molecule has 164 valence electrons. The van der Waals surface area contributed by atoms with E-state index in [4.69, 9.17) is 4.74 Å². The summed E-state index contributed by atoms with van der Waals surface area (Å²) in [4.78, 5) is 12.9. The molecule has 6 heteroatoms. The lowest BCUT2D eigenvalue weighted by molar-refractivity contribution is -0.121. The predicted octanol–water partition coefficient (Wildman–Crippen LogP) is 4.82. The smallest absolute Gasteiger partial charge is 0.225 e. The van der Waals surface area contributed by atoms with Crippen LogP contribution in [0.5, 0.6) is 5.75 Å². The fourth-order valence-electron chi connectivity index (χ4n) is 3.76. The van der Waals surface area contributed by atoms with Crippen molar-refractivity contribution in [3.8, 4) is 5.75 Å². The standard InChI is InChI=1S/C26H28N4O2/c1-3-9-23(26-29-28-24-14-6-7-15-30(24)26)27-25(31)17-20-11-8-13-22(16-20)32-18-21-12-5-4-10-19(21)2/h4-8,10-16,23H,3,9,17-18H2,1-2H3,(H,27,31). The summed E-state index contributed by atoms with van der Waals surface area (Å²) in [7, 11) is 0. The van der Waals surface area contributed by atoms with E-state index in [0.29, 0.717) is 6.61 Å². The largest absolute Gasteiger partial charge is 0.489 e. The van der Waals surface area contributed by atoms with Gasteiger partial charge in [0.15, 0.2) is 11.5 Å². The second-order valence-electron chi connectivity index (χ2n) is 7.94. The summed E-state index contributed by atoms with van der Waals surface area (Å²) in [5, 5.41) is 11.7. The molecule has 0 bridgehead atoms. The number of nitrogens with one attached hydrogen (secondary N) is 1. The molecular weight excluding hydrogens is 400 g/mol. The first kappa shape index (κ1) is 21.6. The number of carbonyl (C=O) groups excluding carboxylic acids is 1. The first-order valence-electron chi connectivity index (χ1n) is 11.0. The molecule has 0 aliphatic heterocycles. The highest BCUT2D eigenvalue weighted by Gasteiger charge is 2.19. The minimum atomic E-state index is -0.189. The molecule has 0 fully saturated rings. The second-order valence-corrected chi connectivity index (χ2v) is 7.94. The Balaban J connectivity index is 1.41. The average Bonchev–Trinajstić information content (AvgIpc) is 3.23. The van der Waals surface area contributed by atoms with Crippen molar-refractivity contribution < 1.29 is 9.53 Å². The zero-order valence-electron chi connectivity index (χ0n) is 18.5. The van der Waals surface area contributed by atoms with Gasteiger partial charge in [0.1, 0.15) is 12.4 Å². The van der Waals surface area contributed by atoms with Gasteiger partial charge in [-0.05, 0) is 54.3 Å². The SMILES string of the molecule is CCCC(NC(=O)Cc1cccc(OCc2ccccc2C)c1)c1nnc2ccccn12. The lowest BCUT2D eigenvalue weighted by Gasteiger charge is -2.17. The maximum atomic E-state index is 12.9. The number of amides is 1. The number of aryl methyl sites for hydroxylation is 1. The molecular formula is C26H28N4O2. The van der Waals surface area contributed by atoms with Crippen LogP contribution in [-0.2, 0) is 17.8 Å². The molecule has 0 radical (unpaired) electrons. The topological polar surface area (TPSA) is 68.5 Å². The molecule has 0 saturated heterocycles. The normalized spacial score (nSPS) is 11.9. The van der Waals surface area contributed by atoms with Gasteiger partial charge in [-0.3, -0.25) is 9.20 Å². The van der Waals surface area contributed by atoms with E-state index in [1.165, 1.54) is 5.56 Å². The molecule has 1 unspecified atom stereocenters. The van der Waals surface area contributed by atoms with Gasteiger partial charge in [-0.15, -0.1) is 10.2 Å². The van der Waals surface area contributed by atoms with Gasteiger partial charge in [0.2, 0.25) is 5.91 Å². The van der Waals surface area contributed by atoms with Gasteiger partial charge in [0.25, 0.3) is 0 Å². The number of pyridine rings is 1. The third-order valence-corrected chi connectivity index (χ3v) is 5.48. The number of ether oxygens (including phenoxy) is 1. The van der Waals surface area contributed by atoms with E-state index in [1.54, 1.807) is 0 Å². The molecule has 4 aromatic rings. The highest BCUT2D eigenvalue weighted by atomic mass is 16.5. The molecule has 0 saturated carbocycles. The molecule has 0 aliphatic rings. The van der Waals surface area contributed by atoms with Crippen LogP contribution in [0.2, 0.25) is 0 Å². The fraction of sp³-hybridized carbons (Fsp3) is 0.269. The molecule has 2 aromatic heterocycles. The summed E-state index contributed by atoms with van der Waals surface area (Å²) in [6.07, 6.45) is 3.92. The lowest BCUT2D eigenvalue weighted by Crippen LogP contribution is -2.31. The van der Waals surface area contributed by atoms with E-state index in [1.807, 2.05) is 65.2 Å². The summed E-state index contributed by atoms with van der Waals surface area (Å²) in [6, 6.07) is 21.5. The van der Waals surface area contributed by atoms with Crippen molar-refractivity contribution in [2.24, 2.45) is 0 Å². The van der Waals surface area contributed by atoms with Gasteiger partial charge < -0.3 is 10.1 Å². The maximum absolute atomic E-state index is 12.9. The highest BCUT2D eigenvalue weighted by Crippen LogP contribution is 2.20. The Bertz CT molecular complexity index is 1200. The van der Waals surface area contributed by atoms with Crippen molar-refractivity contribution in [1.82, 2.24) is 19.9 Å². The molecule has 0 aliphatic carbocycles. The van der Waals surface area contributed by atoms with Crippen LogP contribution in [-0.4, -0.2) is 20.5 Å². The number of benzene rings is 2. The number of hydrogen-bond donors (Lipinski definition) is 1. The molecule has 2 heterocycles. The number of carbonyl (C=O) groups is 1. The van der Waals surface area contributed by atoms with Gasteiger partial charge in [0, 0.05) is 6.20 Å². The number of hydrogen-bond acceptors (Lipinski definition) is 4. The third kappa shape index (κ3) is 5.14. The molecule has 0 spiro atoms. The molecule has 32 heavy (non-hydrogen) atoms. The van der Waals surface area contributed by atoms with E-state index in [9.17, 15) is 4.79 Å². The average molecular weight is 429 g/mol. The molecule has 1 amide bonds. The van der Waals surface area contributed by atoms with Gasteiger partial charge >= 0.3 is 0 Å². The lowest BCUT2D eigenvalue weighted by atomic mass is 10.1. The monoisotopic (exact) mass is 428 g/mol. The molecule has 4 rings (SSSR count). The van der Waals surface area contributed by atoms with E-state index >= 15 is 0 Å². The number of nitrogens with zero attached hydrogens (tertiary/aromatic N) is 3. The Morgan fingerprint density at radius 1 is 1.06 bits per heavy atom. The minimum Gasteiger partial charge on any atom is -0.489 e. The summed E-state index contributed by atoms with van der Waals surface area (Å²) in [5.41, 5.74) is 4.03. The first-order chi connectivity index (χ1) is 15.6.